The van der Waals surface area contributed by atoms with Crippen molar-refractivity contribution < 1.29 is 20.0 Å². The molecule has 4 rings (SSSR count). The Bertz CT molecular complexity index is 913. The fourth-order valence-corrected chi connectivity index (χ4v) is 26.4. The van der Waals surface area contributed by atoms with Gasteiger partial charge in [-0.2, -0.15) is 0 Å². The number of rotatable bonds is 4. The fraction of sp³-hybridized carbons (Fsp3) is 0.556. The van der Waals surface area contributed by atoms with Gasteiger partial charge in [-0.25, -0.2) is 0 Å². The summed E-state index contributed by atoms with van der Waals surface area (Å²) in [5.74, 6) is 0. The number of fused-ring (bicyclic) bond motifs is 2. The second-order valence-electron chi connectivity index (χ2n) is 10.4. The minimum absolute atomic E-state index is 0.307. The topological polar surface area (TPSA) is 0 Å². The van der Waals surface area contributed by atoms with Crippen LogP contribution in [0.2, 0.25) is 12.5 Å². The summed E-state index contributed by atoms with van der Waals surface area (Å²) in [6.45, 7) is 14.6. The van der Waals surface area contributed by atoms with E-state index in [0.29, 0.717) is 6.34 Å². The number of hydrogen-bond donors (Lipinski definition) is 0. The number of aryl methyl sites for hydroxylation is 2. The molecule has 0 bridgehead atoms. The molecule has 1 heteroatoms. The third-order valence-corrected chi connectivity index (χ3v) is 31.6. The van der Waals surface area contributed by atoms with Crippen LogP contribution in [-0.4, -0.2) is 0 Å². The average molecular weight is 541 g/mol. The molecule has 1 unspecified atom stereocenters. The molecule has 0 nitrogen and oxygen atoms in total. The van der Waals surface area contributed by atoms with Gasteiger partial charge in [0.2, 0.25) is 0 Å². The average Bonchev–Trinajstić information content (AvgIpc) is 3.31. The Kier molecular flexibility index (Phi) is 4.89. The van der Waals surface area contributed by atoms with Crippen LogP contribution in [0.5, 0.6) is 0 Å². The molecule has 1 aromatic rings. The predicted molar refractivity (Wildman–Crippen MR) is 121 cm³/mol. The first-order valence-electron chi connectivity index (χ1n) is 11.3. The third kappa shape index (κ3) is 2.38. The van der Waals surface area contributed by atoms with Gasteiger partial charge >= 0.3 is 178 Å². The molecule has 0 aromatic heterocycles. The van der Waals surface area contributed by atoms with E-state index in [0.717, 1.165) is 0 Å². The summed E-state index contributed by atoms with van der Waals surface area (Å²) in [6, 6.07) is 5.21. The van der Waals surface area contributed by atoms with Crippen LogP contribution >= 0.6 is 0 Å². The van der Waals surface area contributed by atoms with Gasteiger partial charge in [0.05, 0.1) is 0 Å². The van der Waals surface area contributed by atoms with Gasteiger partial charge in [-0.1, -0.05) is 0 Å². The number of benzene rings is 1. The van der Waals surface area contributed by atoms with Gasteiger partial charge in [-0.3, -0.25) is 0 Å². The number of allylic oxidation sites excluding steroid dienone is 5. The van der Waals surface area contributed by atoms with E-state index in [1.807, 2.05) is 0 Å². The first-order chi connectivity index (χ1) is 13.1. The second kappa shape index (κ2) is 6.66. The van der Waals surface area contributed by atoms with E-state index in [1.54, 1.807) is 44.5 Å². The molecule has 1 atom stereocenters. The van der Waals surface area contributed by atoms with Crippen LogP contribution in [0, 0.1) is 0 Å². The Morgan fingerprint density at radius 1 is 0.929 bits per heavy atom. The van der Waals surface area contributed by atoms with Crippen LogP contribution in [0.25, 0.3) is 6.08 Å². The van der Waals surface area contributed by atoms with Crippen molar-refractivity contribution in [3.63, 3.8) is 0 Å². The predicted octanol–water partition coefficient (Wildman–Crippen LogP) is 8.31. The van der Waals surface area contributed by atoms with E-state index in [2.05, 4.69) is 75.2 Å². The van der Waals surface area contributed by atoms with Crippen LogP contribution < -0.4 is 0 Å². The van der Waals surface area contributed by atoms with Crippen LogP contribution in [-0.2, 0) is 36.0 Å². The molecular weight excluding hydrogens is 503 g/mol. The van der Waals surface area contributed by atoms with Crippen molar-refractivity contribution in [2.75, 3.05) is 0 Å². The normalized spacial score (nSPS) is 25.7. The zero-order chi connectivity index (χ0) is 20.5. The van der Waals surface area contributed by atoms with Gasteiger partial charge in [0.25, 0.3) is 0 Å². The fourth-order valence-electron chi connectivity index (χ4n) is 6.94. The van der Waals surface area contributed by atoms with Gasteiger partial charge in [0, 0.05) is 0 Å². The summed E-state index contributed by atoms with van der Waals surface area (Å²) in [5, 5.41) is 0. The van der Waals surface area contributed by atoms with E-state index in [4.69, 9.17) is 0 Å². The van der Waals surface area contributed by atoms with Crippen molar-refractivity contribution in [3.8, 4) is 0 Å². The molecule has 0 heterocycles. The summed E-state index contributed by atoms with van der Waals surface area (Å²) in [5.41, 5.74) is 13.0. The molecular formula is C27H38Hf. The van der Waals surface area contributed by atoms with Gasteiger partial charge < -0.3 is 0 Å². The molecule has 28 heavy (non-hydrogen) atoms. The standard InChI is InChI=1S/C15H17.C10H15.2CH3.Hf/c1-2-4-11-7-8-14-9-12-5-3-6-13(12)10-15(11)14;1-6-7(2)9(4)10(5)8(6)3;;;/h7-10H,2-6H2,1H3;1-5H3;2*1H3;. The number of hydrogen-bond acceptors (Lipinski definition) is 0. The van der Waals surface area contributed by atoms with Crippen molar-refractivity contribution in [1.29, 1.82) is 0 Å². The molecule has 0 saturated carbocycles. The maximum atomic E-state index is 2.77. The molecule has 1 aromatic carbocycles. The Morgan fingerprint density at radius 2 is 1.50 bits per heavy atom. The first kappa shape index (κ1) is 20.6. The maximum absolute atomic E-state index is 2.98. The molecule has 3 aliphatic rings. The van der Waals surface area contributed by atoms with Crippen molar-refractivity contribution in [2.45, 2.75) is 89.4 Å². The third-order valence-electron chi connectivity index (χ3n) is 9.49. The monoisotopic (exact) mass is 542 g/mol. The summed E-state index contributed by atoms with van der Waals surface area (Å²) in [6.07, 6.45) is 11.7. The molecule has 150 valence electrons. The Labute approximate surface area is 177 Å². The zero-order valence-corrected chi connectivity index (χ0v) is 22.9. The van der Waals surface area contributed by atoms with E-state index >= 15 is 0 Å². The van der Waals surface area contributed by atoms with Gasteiger partial charge in [-0.15, -0.1) is 0 Å². The molecule has 3 aliphatic carbocycles. The molecule has 0 aliphatic heterocycles. The van der Waals surface area contributed by atoms with Crippen LogP contribution in [0.3, 0.4) is 0 Å². The van der Waals surface area contributed by atoms with E-state index < -0.39 is 20.0 Å². The van der Waals surface area contributed by atoms with Crippen molar-refractivity contribution in [1.82, 2.24) is 0 Å². The molecule has 0 amide bonds. The minimum atomic E-state index is -2.98. The van der Waals surface area contributed by atoms with Crippen LogP contribution in [0.15, 0.2) is 40.5 Å². The molecule has 0 fully saturated rings. The summed E-state index contributed by atoms with van der Waals surface area (Å²) < 4.78 is 6.17. The molecule has 0 radical (unpaired) electrons. The Balaban J connectivity index is 1.95. The summed E-state index contributed by atoms with van der Waals surface area (Å²) >= 11 is -2.98. The molecule has 0 spiro atoms. The van der Waals surface area contributed by atoms with Gasteiger partial charge in [0.1, 0.15) is 0 Å². The Hall–Kier alpha value is -0.690. The summed E-state index contributed by atoms with van der Waals surface area (Å²) in [7, 11) is 0. The van der Waals surface area contributed by atoms with Gasteiger partial charge in [0.15, 0.2) is 0 Å². The molecule has 0 N–H and O–H groups in total. The van der Waals surface area contributed by atoms with Crippen LogP contribution in [0.4, 0.5) is 0 Å². The molecule has 0 saturated heterocycles. The van der Waals surface area contributed by atoms with Crippen molar-refractivity contribution >= 4 is 6.08 Å². The quantitative estimate of drug-likeness (QED) is 0.337. The van der Waals surface area contributed by atoms with E-state index in [-0.39, 0.29) is 0 Å². The van der Waals surface area contributed by atoms with Crippen molar-refractivity contribution in [2.24, 2.45) is 0 Å². The summed E-state index contributed by atoms with van der Waals surface area (Å²) in [4.78, 5) is 0. The van der Waals surface area contributed by atoms with Crippen LogP contribution in [0.1, 0.15) is 83.1 Å². The second-order valence-corrected chi connectivity index (χ2v) is 28.8. The zero-order valence-electron chi connectivity index (χ0n) is 19.3. The van der Waals surface area contributed by atoms with E-state index in [1.165, 1.54) is 32.1 Å². The SMILES string of the molecule is CCC[C]1([Hf]([CH3])([CH3])[C]2(C)C(C)=C(C)C(C)=C2C)C=Cc2cc3c(cc21)CCC3. The first-order valence-corrected chi connectivity index (χ1v) is 22.1. The van der Waals surface area contributed by atoms with E-state index in [9.17, 15) is 0 Å². The van der Waals surface area contributed by atoms with Crippen molar-refractivity contribution in [3.05, 3.63) is 62.8 Å². The van der Waals surface area contributed by atoms with Gasteiger partial charge in [-0.05, 0) is 0 Å². The Morgan fingerprint density at radius 3 is 2.07 bits per heavy atom.